The van der Waals surface area contributed by atoms with Crippen molar-refractivity contribution in [1.82, 2.24) is 19.2 Å². The summed E-state index contributed by atoms with van der Waals surface area (Å²) in [5.41, 5.74) is 2.55. The summed E-state index contributed by atoms with van der Waals surface area (Å²) < 4.78 is 1.99. The van der Waals surface area contributed by atoms with Gasteiger partial charge in [0.2, 0.25) is 0 Å². The van der Waals surface area contributed by atoms with Crippen LogP contribution in [-0.4, -0.2) is 62.1 Å². The Bertz CT molecular complexity index is 1450. The Kier molecular flexibility index (Phi) is 7.16. The van der Waals surface area contributed by atoms with E-state index >= 15 is 0 Å². The molecule has 0 unspecified atom stereocenters. The predicted molar refractivity (Wildman–Crippen MR) is 151 cm³/mol. The summed E-state index contributed by atoms with van der Waals surface area (Å²) in [6, 6.07) is 11.2. The minimum atomic E-state index is -0.236. The quantitative estimate of drug-likeness (QED) is 0.356. The van der Waals surface area contributed by atoms with E-state index in [2.05, 4.69) is 16.7 Å². The third-order valence-electron chi connectivity index (χ3n) is 6.54. The largest absolute Gasteiger partial charge is 0.353 e. The van der Waals surface area contributed by atoms with Crippen molar-refractivity contribution in [3.05, 3.63) is 79.6 Å². The lowest BCUT2D eigenvalue weighted by Gasteiger charge is -2.35. The molecule has 0 saturated carbocycles. The van der Waals surface area contributed by atoms with E-state index in [4.69, 9.17) is 28.8 Å². The molecule has 0 N–H and O–H groups in total. The van der Waals surface area contributed by atoms with Gasteiger partial charge in [-0.3, -0.25) is 18.9 Å². The van der Waals surface area contributed by atoms with Crippen LogP contribution in [-0.2, 0) is 11.3 Å². The number of anilines is 1. The second-order valence-corrected chi connectivity index (χ2v) is 11.0. The van der Waals surface area contributed by atoms with Gasteiger partial charge in [0, 0.05) is 37.4 Å². The number of carbonyl (C=O) groups excluding carboxylic acids is 1. The zero-order valence-corrected chi connectivity index (χ0v) is 22.5. The molecule has 1 amide bonds. The van der Waals surface area contributed by atoms with Crippen molar-refractivity contribution < 1.29 is 4.79 Å². The molecule has 0 aliphatic carbocycles. The molecule has 0 bridgehead atoms. The first-order valence-electron chi connectivity index (χ1n) is 11.8. The van der Waals surface area contributed by atoms with Gasteiger partial charge in [0.05, 0.1) is 17.0 Å². The second kappa shape index (κ2) is 10.3. The summed E-state index contributed by atoms with van der Waals surface area (Å²) >= 11 is 13.1. The summed E-state index contributed by atoms with van der Waals surface area (Å²) in [6.45, 7) is 8.66. The fourth-order valence-electron chi connectivity index (χ4n) is 4.45. The molecule has 2 aromatic heterocycles. The predicted octanol–water partition coefficient (Wildman–Crippen LogP) is 4.20. The van der Waals surface area contributed by atoms with Crippen LogP contribution in [0.2, 0.25) is 5.02 Å². The first-order chi connectivity index (χ1) is 17.4. The summed E-state index contributed by atoms with van der Waals surface area (Å²) in [5.74, 6) is 0.372. The Balaban J connectivity index is 1.55. The number of aromatic nitrogens is 2. The molecule has 10 heteroatoms. The van der Waals surface area contributed by atoms with Crippen LogP contribution in [0.5, 0.6) is 0 Å². The lowest BCUT2D eigenvalue weighted by atomic mass is 10.2. The van der Waals surface area contributed by atoms with E-state index in [1.807, 2.05) is 37.3 Å². The van der Waals surface area contributed by atoms with E-state index in [1.165, 1.54) is 16.7 Å². The van der Waals surface area contributed by atoms with Crippen molar-refractivity contribution >= 4 is 63.3 Å². The summed E-state index contributed by atoms with van der Waals surface area (Å²) in [7, 11) is 0. The van der Waals surface area contributed by atoms with E-state index in [1.54, 1.807) is 22.7 Å². The molecule has 4 heterocycles. The van der Waals surface area contributed by atoms with Crippen molar-refractivity contribution in [3.63, 3.8) is 0 Å². The zero-order valence-electron chi connectivity index (χ0n) is 20.1. The zero-order chi connectivity index (χ0) is 25.4. The highest BCUT2D eigenvalue weighted by molar-refractivity contribution is 8.26. The number of aryl methyl sites for hydroxylation is 1. The maximum absolute atomic E-state index is 13.7. The van der Waals surface area contributed by atoms with Gasteiger partial charge in [0.25, 0.3) is 11.5 Å². The van der Waals surface area contributed by atoms with Crippen molar-refractivity contribution in [2.24, 2.45) is 0 Å². The molecule has 5 rings (SSSR count). The molecule has 186 valence electrons. The Morgan fingerprint density at radius 1 is 1.11 bits per heavy atom. The highest BCUT2D eigenvalue weighted by atomic mass is 35.5. The Morgan fingerprint density at radius 3 is 2.58 bits per heavy atom. The molecule has 2 aliphatic rings. The van der Waals surface area contributed by atoms with Gasteiger partial charge >= 0.3 is 0 Å². The number of amides is 1. The molecule has 0 spiro atoms. The summed E-state index contributed by atoms with van der Waals surface area (Å²) in [5, 5.41) is 0.580. The number of hydrogen-bond donors (Lipinski definition) is 0. The van der Waals surface area contributed by atoms with Gasteiger partial charge < -0.3 is 9.80 Å². The maximum Gasteiger partial charge on any atom is 0.267 e. The van der Waals surface area contributed by atoms with Gasteiger partial charge in [0.15, 0.2) is 0 Å². The third-order valence-corrected chi connectivity index (χ3v) is 8.29. The number of thioether (sulfide) groups is 1. The van der Waals surface area contributed by atoms with E-state index in [9.17, 15) is 9.59 Å². The number of rotatable bonds is 5. The molecule has 3 aromatic rings. The van der Waals surface area contributed by atoms with E-state index in [0.29, 0.717) is 31.3 Å². The van der Waals surface area contributed by atoms with Crippen LogP contribution in [0.15, 0.2) is 52.3 Å². The summed E-state index contributed by atoms with van der Waals surface area (Å²) in [6.07, 6.45) is 3.45. The van der Waals surface area contributed by atoms with Gasteiger partial charge in [-0.2, -0.15) is 0 Å². The van der Waals surface area contributed by atoms with E-state index in [0.717, 1.165) is 43.9 Å². The van der Waals surface area contributed by atoms with Crippen molar-refractivity contribution in [2.75, 3.05) is 37.6 Å². The number of halogens is 1. The van der Waals surface area contributed by atoms with Gasteiger partial charge in [0.1, 0.15) is 15.8 Å². The van der Waals surface area contributed by atoms with Gasteiger partial charge in [-0.25, -0.2) is 4.98 Å². The number of thiocarbonyl (C=S) groups is 1. The highest BCUT2D eigenvalue weighted by Gasteiger charge is 2.33. The number of fused-ring (bicyclic) bond motifs is 1. The smallest absolute Gasteiger partial charge is 0.267 e. The number of benzene rings is 1. The number of piperazine rings is 1. The highest BCUT2D eigenvalue weighted by Crippen LogP contribution is 2.35. The van der Waals surface area contributed by atoms with Gasteiger partial charge in [-0.05, 0) is 42.8 Å². The van der Waals surface area contributed by atoms with Crippen molar-refractivity contribution in [3.8, 4) is 0 Å². The monoisotopic (exact) mass is 539 g/mol. The molecule has 0 radical (unpaired) electrons. The standard InChI is InChI=1S/C26H26ClN5O2S2/c1-3-29-10-12-30(13-11-29)23-19(24(33)31-15-17(2)8-9-22(31)28-23)14-21-25(34)32(26(35)36-21)16-18-6-4-5-7-20(18)27/h4-9,14-15H,3,10-13,16H2,1-2H3/b21-14+. The van der Waals surface area contributed by atoms with Crippen LogP contribution >= 0.6 is 35.6 Å². The van der Waals surface area contributed by atoms with Crippen LogP contribution < -0.4 is 10.5 Å². The van der Waals surface area contributed by atoms with Gasteiger partial charge in [-0.15, -0.1) is 0 Å². The number of hydrogen-bond acceptors (Lipinski definition) is 7. The molecule has 36 heavy (non-hydrogen) atoms. The normalized spacial score (nSPS) is 18.1. The average molecular weight is 540 g/mol. The third kappa shape index (κ3) is 4.80. The Morgan fingerprint density at radius 2 is 1.86 bits per heavy atom. The van der Waals surface area contributed by atoms with Gasteiger partial charge in [-0.1, -0.05) is 66.8 Å². The van der Waals surface area contributed by atoms with E-state index in [-0.39, 0.29) is 18.0 Å². The summed E-state index contributed by atoms with van der Waals surface area (Å²) in [4.78, 5) is 38.4. The lowest BCUT2D eigenvalue weighted by molar-refractivity contribution is -0.122. The first kappa shape index (κ1) is 25.0. The average Bonchev–Trinajstić information content (AvgIpc) is 3.14. The molecule has 0 atom stereocenters. The van der Waals surface area contributed by atoms with E-state index < -0.39 is 0 Å². The van der Waals surface area contributed by atoms with Crippen LogP contribution in [0.4, 0.5) is 5.82 Å². The van der Waals surface area contributed by atoms with Crippen molar-refractivity contribution in [2.45, 2.75) is 20.4 Å². The molecular weight excluding hydrogens is 514 g/mol. The molecule has 1 aromatic carbocycles. The first-order valence-corrected chi connectivity index (χ1v) is 13.4. The minimum Gasteiger partial charge on any atom is -0.353 e. The molecule has 2 fully saturated rings. The Labute approximate surface area is 224 Å². The van der Waals surface area contributed by atoms with Crippen LogP contribution in [0.1, 0.15) is 23.6 Å². The topological polar surface area (TPSA) is 61.2 Å². The van der Waals surface area contributed by atoms with Crippen molar-refractivity contribution in [1.29, 1.82) is 0 Å². The maximum atomic E-state index is 13.7. The number of likely N-dealkylation sites (N-methyl/N-ethyl adjacent to an activating group) is 1. The molecular formula is C26H26ClN5O2S2. The van der Waals surface area contributed by atoms with Crippen LogP contribution in [0.3, 0.4) is 0 Å². The number of nitrogens with zero attached hydrogens (tertiary/aromatic N) is 5. The Hall–Kier alpha value is -2.72. The molecule has 2 aliphatic heterocycles. The number of carbonyl (C=O) groups is 1. The minimum absolute atomic E-state index is 0.201. The second-order valence-electron chi connectivity index (χ2n) is 8.87. The van der Waals surface area contributed by atoms with Crippen LogP contribution in [0, 0.1) is 6.92 Å². The molecule has 7 nitrogen and oxygen atoms in total. The molecule has 2 saturated heterocycles. The van der Waals surface area contributed by atoms with Crippen LogP contribution in [0.25, 0.3) is 11.7 Å². The fourth-order valence-corrected chi connectivity index (χ4v) is 5.89. The fraction of sp³-hybridized carbons (Fsp3) is 0.308. The lowest BCUT2D eigenvalue weighted by Crippen LogP contribution is -2.47. The number of pyridine rings is 1. The SMILES string of the molecule is CCN1CCN(c2nc3ccc(C)cn3c(=O)c2/C=C2/SC(=S)N(Cc3ccccc3Cl)C2=O)CC1.